The Balaban J connectivity index is 2.85. The summed E-state index contributed by atoms with van der Waals surface area (Å²) in [6.07, 6.45) is 1.98. The van der Waals surface area contributed by atoms with Crippen LogP contribution in [0.2, 0.25) is 0 Å². The molecule has 0 aliphatic rings. The number of halogens is 3. The number of rotatable bonds is 2. The summed E-state index contributed by atoms with van der Waals surface area (Å²) in [5, 5.41) is 0. The van der Waals surface area contributed by atoms with Crippen LogP contribution >= 0.6 is 43.5 Å². The third kappa shape index (κ3) is 3.30. The van der Waals surface area contributed by atoms with Gasteiger partial charge in [0.2, 0.25) is 0 Å². The third-order valence-electron chi connectivity index (χ3n) is 1.41. The average Bonchev–Trinajstić information content (AvgIpc) is 2.05. The Bertz CT molecular complexity index is 273. The van der Waals surface area contributed by atoms with Gasteiger partial charge in [-0.1, -0.05) is 24.3 Å². The molecule has 0 saturated carbocycles. The summed E-state index contributed by atoms with van der Waals surface area (Å²) in [7, 11) is 0. The first kappa shape index (κ1) is 10.3. The first-order chi connectivity index (χ1) is 5.72. The van der Waals surface area contributed by atoms with Crippen molar-refractivity contribution in [3.05, 3.63) is 38.8 Å². The predicted molar refractivity (Wildman–Crippen MR) is 61.8 cm³/mol. The molecule has 12 heavy (non-hydrogen) atoms. The maximum absolute atomic E-state index is 5.65. The fourth-order valence-electron chi connectivity index (χ4n) is 0.829. The minimum atomic E-state index is 0.569. The lowest BCUT2D eigenvalue weighted by Gasteiger charge is -1.96. The molecule has 1 aromatic rings. The van der Waals surface area contributed by atoms with Crippen molar-refractivity contribution >= 4 is 49.5 Å². The van der Waals surface area contributed by atoms with Crippen LogP contribution in [0.15, 0.2) is 27.7 Å². The van der Waals surface area contributed by atoms with Crippen LogP contribution in [0.1, 0.15) is 11.1 Å². The second kappa shape index (κ2) is 5.05. The molecule has 0 unspecified atom stereocenters. The van der Waals surface area contributed by atoms with Crippen LogP contribution in [-0.2, 0) is 5.88 Å². The van der Waals surface area contributed by atoms with Crippen LogP contribution in [0.25, 0.3) is 6.08 Å². The van der Waals surface area contributed by atoms with Crippen molar-refractivity contribution in [1.29, 1.82) is 0 Å². The number of alkyl halides is 1. The van der Waals surface area contributed by atoms with Crippen LogP contribution in [0, 0.1) is 0 Å². The maximum Gasteiger partial charge on any atom is 0.0610 e. The van der Waals surface area contributed by atoms with E-state index in [1.54, 1.807) is 0 Å². The summed E-state index contributed by atoms with van der Waals surface area (Å²) in [6.45, 7) is 0. The summed E-state index contributed by atoms with van der Waals surface area (Å²) in [6, 6.07) is 8.09. The maximum atomic E-state index is 5.65. The Morgan fingerprint density at radius 3 is 2.25 bits per heavy atom. The molecule has 0 N–H and O–H groups in total. The molecule has 0 bridgehead atoms. The molecular weight excluding hydrogens is 303 g/mol. The van der Waals surface area contributed by atoms with Gasteiger partial charge in [-0.15, -0.1) is 11.6 Å². The van der Waals surface area contributed by atoms with Gasteiger partial charge in [0.05, 0.1) is 3.39 Å². The smallest absolute Gasteiger partial charge is 0.0610 e. The first-order valence-corrected chi connectivity index (χ1v) is 5.52. The molecular formula is C9H7Br2Cl. The minimum Gasteiger partial charge on any atom is -0.122 e. The zero-order chi connectivity index (χ0) is 8.97. The topological polar surface area (TPSA) is 0 Å². The van der Waals surface area contributed by atoms with Crippen molar-refractivity contribution in [1.82, 2.24) is 0 Å². The standard InChI is InChI=1S/C9H7Br2Cl/c10-9(11)5-7-1-3-8(6-12)4-2-7/h1-5H,6H2. The number of hydrogen-bond donors (Lipinski definition) is 0. The van der Waals surface area contributed by atoms with E-state index >= 15 is 0 Å². The highest BCUT2D eigenvalue weighted by molar-refractivity contribution is 9.28. The van der Waals surface area contributed by atoms with E-state index in [0.29, 0.717) is 5.88 Å². The van der Waals surface area contributed by atoms with Crippen molar-refractivity contribution < 1.29 is 0 Å². The largest absolute Gasteiger partial charge is 0.122 e. The molecule has 0 aromatic heterocycles. The van der Waals surface area contributed by atoms with Crippen LogP contribution < -0.4 is 0 Å². The minimum absolute atomic E-state index is 0.569. The second-order valence-electron chi connectivity index (χ2n) is 2.31. The quantitative estimate of drug-likeness (QED) is 0.705. The molecule has 0 amide bonds. The van der Waals surface area contributed by atoms with E-state index in [1.807, 2.05) is 30.3 Å². The molecule has 64 valence electrons. The van der Waals surface area contributed by atoms with E-state index in [9.17, 15) is 0 Å². The number of hydrogen-bond acceptors (Lipinski definition) is 0. The Kier molecular flexibility index (Phi) is 4.33. The molecule has 0 atom stereocenters. The van der Waals surface area contributed by atoms with Gasteiger partial charge < -0.3 is 0 Å². The summed E-state index contributed by atoms with van der Waals surface area (Å²) >= 11 is 12.2. The highest BCUT2D eigenvalue weighted by atomic mass is 79.9. The summed E-state index contributed by atoms with van der Waals surface area (Å²) in [5.41, 5.74) is 2.28. The highest BCUT2D eigenvalue weighted by Gasteiger charge is 1.90. The van der Waals surface area contributed by atoms with Gasteiger partial charge >= 0.3 is 0 Å². The molecule has 0 heterocycles. The van der Waals surface area contributed by atoms with Crippen LogP contribution in [-0.4, -0.2) is 0 Å². The van der Waals surface area contributed by atoms with E-state index in [-0.39, 0.29) is 0 Å². The molecule has 3 heteroatoms. The highest BCUT2D eigenvalue weighted by Crippen LogP contribution is 2.18. The summed E-state index contributed by atoms with van der Waals surface area (Å²) < 4.78 is 0.939. The van der Waals surface area contributed by atoms with Gasteiger partial charge in [0.15, 0.2) is 0 Å². The first-order valence-electron chi connectivity index (χ1n) is 3.40. The molecule has 1 aromatic carbocycles. The molecule has 0 saturated heterocycles. The number of benzene rings is 1. The van der Waals surface area contributed by atoms with Gasteiger partial charge in [0.25, 0.3) is 0 Å². The molecule has 0 spiro atoms. The molecule has 0 aliphatic carbocycles. The summed E-state index contributed by atoms with van der Waals surface area (Å²) in [5.74, 6) is 0.569. The van der Waals surface area contributed by atoms with E-state index in [0.717, 1.165) is 14.5 Å². The summed E-state index contributed by atoms with van der Waals surface area (Å²) in [4.78, 5) is 0. The van der Waals surface area contributed by atoms with Crippen LogP contribution in [0.4, 0.5) is 0 Å². The second-order valence-corrected chi connectivity index (χ2v) is 5.35. The van der Waals surface area contributed by atoms with Crippen molar-refractivity contribution in [3.8, 4) is 0 Å². The lowest BCUT2D eigenvalue weighted by Crippen LogP contribution is -1.77. The predicted octanol–water partition coefficient (Wildman–Crippen LogP) is 4.51. The Morgan fingerprint density at radius 1 is 1.25 bits per heavy atom. The molecule has 1 rings (SSSR count). The van der Waals surface area contributed by atoms with E-state index in [4.69, 9.17) is 11.6 Å². The SMILES string of the molecule is ClCc1ccc(C=C(Br)Br)cc1. The Labute approximate surface area is 93.9 Å². The van der Waals surface area contributed by atoms with Crippen molar-refractivity contribution in [3.63, 3.8) is 0 Å². The zero-order valence-electron chi connectivity index (χ0n) is 6.23. The van der Waals surface area contributed by atoms with Gasteiger partial charge in [0.1, 0.15) is 0 Å². The van der Waals surface area contributed by atoms with Crippen LogP contribution in [0.3, 0.4) is 0 Å². The monoisotopic (exact) mass is 308 g/mol. The molecule has 0 radical (unpaired) electrons. The molecule has 0 fully saturated rings. The lowest BCUT2D eigenvalue weighted by molar-refractivity contribution is 1.40. The average molecular weight is 310 g/mol. The van der Waals surface area contributed by atoms with Crippen molar-refractivity contribution in [2.24, 2.45) is 0 Å². The van der Waals surface area contributed by atoms with Crippen molar-refractivity contribution in [2.75, 3.05) is 0 Å². The third-order valence-corrected chi connectivity index (χ3v) is 2.18. The van der Waals surface area contributed by atoms with E-state index in [2.05, 4.69) is 31.9 Å². The zero-order valence-corrected chi connectivity index (χ0v) is 10.2. The van der Waals surface area contributed by atoms with Crippen molar-refractivity contribution in [2.45, 2.75) is 5.88 Å². The molecule has 0 aliphatic heterocycles. The van der Waals surface area contributed by atoms with Gasteiger partial charge in [0, 0.05) is 5.88 Å². The van der Waals surface area contributed by atoms with Crippen LogP contribution in [0.5, 0.6) is 0 Å². The Morgan fingerprint density at radius 2 is 1.83 bits per heavy atom. The normalized spacial score (nSPS) is 9.58. The lowest BCUT2D eigenvalue weighted by atomic mass is 10.1. The Hall–Kier alpha value is 0.210. The fourth-order valence-corrected chi connectivity index (χ4v) is 1.54. The fraction of sp³-hybridized carbons (Fsp3) is 0.111. The van der Waals surface area contributed by atoms with E-state index in [1.165, 1.54) is 0 Å². The van der Waals surface area contributed by atoms with Gasteiger partial charge in [-0.2, -0.15) is 0 Å². The van der Waals surface area contributed by atoms with Gasteiger partial charge in [-0.25, -0.2) is 0 Å². The molecule has 0 nitrogen and oxygen atoms in total. The van der Waals surface area contributed by atoms with Gasteiger partial charge in [-0.05, 0) is 49.1 Å². The van der Waals surface area contributed by atoms with Gasteiger partial charge in [-0.3, -0.25) is 0 Å². The van der Waals surface area contributed by atoms with E-state index < -0.39 is 0 Å².